The summed E-state index contributed by atoms with van der Waals surface area (Å²) in [5, 5.41) is 16.6. The minimum atomic E-state index is -0.0541. The molecule has 0 aliphatic rings. The van der Waals surface area contributed by atoms with Crippen molar-refractivity contribution in [2.24, 2.45) is 0 Å². The molecular weight excluding hydrogens is 274 g/mol. The van der Waals surface area contributed by atoms with Gasteiger partial charge in [0.25, 0.3) is 0 Å². The molecule has 0 radical (unpaired) electrons. The summed E-state index contributed by atoms with van der Waals surface area (Å²) in [6, 6.07) is 2.23. The zero-order valence-corrected chi connectivity index (χ0v) is 13.2. The van der Waals surface area contributed by atoms with Gasteiger partial charge in [-0.3, -0.25) is 4.68 Å². The summed E-state index contributed by atoms with van der Waals surface area (Å²) in [5.74, 6) is 0. The average Bonchev–Trinajstić information content (AvgIpc) is 2.77. The van der Waals surface area contributed by atoms with Gasteiger partial charge in [0, 0.05) is 11.6 Å². The average molecular weight is 294 g/mol. The fourth-order valence-corrected chi connectivity index (χ4v) is 2.57. The van der Waals surface area contributed by atoms with E-state index < -0.39 is 0 Å². The second kappa shape index (κ2) is 5.89. The van der Waals surface area contributed by atoms with Crippen LogP contribution in [0.5, 0.6) is 0 Å². The summed E-state index contributed by atoms with van der Waals surface area (Å²) >= 11 is 6.35. The van der Waals surface area contributed by atoms with Gasteiger partial charge in [0.1, 0.15) is 0 Å². The maximum Gasteiger partial charge on any atom is 0.0837 e. The molecule has 1 atom stereocenters. The van der Waals surface area contributed by atoms with E-state index in [-0.39, 0.29) is 12.1 Å². The van der Waals surface area contributed by atoms with Gasteiger partial charge in [-0.25, -0.2) is 0 Å². The number of rotatable bonds is 4. The highest BCUT2D eigenvalue weighted by atomic mass is 35.5. The molecule has 0 aliphatic carbocycles. The van der Waals surface area contributed by atoms with Gasteiger partial charge in [0.2, 0.25) is 0 Å². The van der Waals surface area contributed by atoms with E-state index in [0.717, 1.165) is 22.6 Å². The predicted molar refractivity (Wildman–Crippen MR) is 80.0 cm³/mol. The fraction of sp³-hybridized carbons (Fsp3) is 0.500. The lowest BCUT2D eigenvalue weighted by atomic mass is 10.0. The lowest BCUT2D eigenvalue weighted by Crippen LogP contribution is -2.24. The van der Waals surface area contributed by atoms with Crippen LogP contribution in [0.2, 0.25) is 5.02 Å². The Kier molecular flexibility index (Phi) is 4.40. The standard InChI is InChI=1S/C14H20ClN5/c1-8(2)20-14(12(15)7-17-20)13(16-5)11-6-9(3)18-19-10(11)4/h6-8,13,16H,1-5H3. The summed E-state index contributed by atoms with van der Waals surface area (Å²) in [6.45, 7) is 8.06. The second-order valence-electron chi connectivity index (χ2n) is 5.16. The van der Waals surface area contributed by atoms with Gasteiger partial charge in [-0.15, -0.1) is 0 Å². The third-order valence-corrected chi connectivity index (χ3v) is 3.58. The van der Waals surface area contributed by atoms with Gasteiger partial charge in [-0.1, -0.05) is 11.6 Å². The molecule has 0 saturated heterocycles. The van der Waals surface area contributed by atoms with Gasteiger partial charge in [-0.2, -0.15) is 15.3 Å². The molecule has 2 rings (SSSR count). The summed E-state index contributed by atoms with van der Waals surface area (Å²) in [5.41, 5.74) is 3.81. The van der Waals surface area contributed by atoms with E-state index in [1.54, 1.807) is 6.20 Å². The molecular formula is C14H20ClN5. The van der Waals surface area contributed by atoms with Crippen LogP contribution in [-0.4, -0.2) is 27.0 Å². The maximum absolute atomic E-state index is 6.35. The summed E-state index contributed by atoms with van der Waals surface area (Å²) < 4.78 is 1.94. The number of nitrogens with one attached hydrogen (secondary N) is 1. The predicted octanol–water partition coefficient (Wildman–Crippen LogP) is 2.83. The Morgan fingerprint density at radius 1 is 1.25 bits per heavy atom. The minimum absolute atomic E-state index is 0.0541. The largest absolute Gasteiger partial charge is 0.308 e. The van der Waals surface area contributed by atoms with E-state index in [1.165, 1.54) is 0 Å². The molecule has 1 N–H and O–H groups in total. The Bertz CT molecular complexity index is 606. The first-order chi connectivity index (χ1) is 9.45. The molecule has 108 valence electrons. The first-order valence-corrected chi connectivity index (χ1v) is 7.04. The molecule has 20 heavy (non-hydrogen) atoms. The van der Waals surface area contributed by atoms with Gasteiger partial charge in [-0.05, 0) is 40.8 Å². The molecule has 2 heterocycles. The van der Waals surface area contributed by atoms with Crippen molar-refractivity contribution < 1.29 is 0 Å². The first kappa shape index (κ1) is 14.9. The number of hydrogen-bond donors (Lipinski definition) is 1. The van der Waals surface area contributed by atoms with Gasteiger partial charge < -0.3 is 5.32 Å². The molecule has 5 nitrogen and oxygen atoms in total. The lowest BCUT2D eigenvalue weighted by molar-refractivity contribution is 0.482. The van der Waals surface area contributed by atoms with Crippen molar-refractivity contribution in [3.63, 3.8) is 0 Å². The van der Waals surface area contributed by atoms with E-state index in [1.807, 2.05) is 31.6 Å². The summed E-state index contributed by atoms with van der Waals surface area (Å²) in [6.07, 6.45) is 1.69. The van der Waals surface area contributed by atoms with E-state index >= 15 is 0 Å². The van der Waals surface area contributed by atoms with E-state index in [0.29, 0.717) is 5.02 Å². The van der Waals surface area contributed by atoms with Crippen LogP contribution in [-0.2, 0) is 0 Å². The topological polar surface area (TPSA) is 55.6 Å². The molecule has 0 aliphatic heterocycles. The molecule has 0 fully saturated rings. The van der Waals surface area contributed by atoms with Gasteiger partial charge >= 0.3 is 0 Å². The number of nitrogens with zero attached hydrogens (tertiary/aromatic N) is 4. The zero-order chi connectivity index (χ0) is 14.9. The zero-order valence-electron chi connectivity index (χ0n) is 12.5. The number of aryl methyl sites for hydroxylation is 2. The lowest BCUT2D eigenvalue weighted by Gasteiger charge is -2.22. The van der Waals surface area contributed by atoms with Crippen LogP contribution in [0.15, 0.2) is 12.3 Å². The molecule has 0 bridgehead atoms. The molecule has 2 aromatic rings. The SMILES string of the molecule is CNC(c1cc(C)nnc1C)c1c(Cl)cnn1C(C)C. The number of halogens is 1. The molecule has 1 unspecified atom stereocenters. The maximum atomic E-state index is 6.35. The monoisotopic (exact) mass is 293 g/mol. The third kappa shape index (κ3) is 2.69. The van der Waals surface area contributed by atoms with Crippen molar-refractivity contribution >= 4 is 11.6 Å². The Morgan fingerprint density at radius 2 is 1.95 bits per heavy atom. The van der Waals surface area contributed by atoms with Crippen LogP contribution in [0.1, 0.15) is 48.6 Å². The number of hydrogen-bond acceptors (Lipinski definition) is 4. The van der Waals surface area contributed by atoms with Crippen molar-refractivity contribution in [2.45, 2.75) is 39.8 Å². The normalized spacial score (nSPS) is 12.9. The molecule has 0 amide bonds. The van der Waals surface area contributed by atoms with Crippen LogP contribution in [0.25, 0.3) is 0 Å². The van der Waals surface area contributed by atoms with Crippen LogP contribution >= 0.6 is 11.6 Å². The van der Waals surface area contributed by atoms with Crippen molar-refractivity contribution in [1.82, 2.24) is 25.3 Å². The Labute approximate surface area is 124 Å². The summed E-state index contributed by atoms with van der Waals surface area (Å²) in [7, 11) is 1.91. The van der Waals surface area contributed by atoms with Gasteiger partial charge in [0.15, 0.2) is 0 Å². The van der Waals surface area contributed by atoms with Crippen LogP contribution in [0.3, 0.4) is 0 Å². The van der Waals surface area contributed by atoms with Crippen molar-refractivity contribution in [2.75, 3.05) is 7.05 Å². The fourth-order valence-electron chi connectivity index (χ4n) is 2.33. The quantitative estimate of drug-likeness (QED) is 0.942. The highest BCUT2D eigenvalue weighted by molar-refractivity contribution is 6.31. The number of aromatic nitrogens is 4. The molecule has 0 spiro atoms. The molecule has 0 saturated carbocycles. The van der Waals surface area contributed by atoms with Crippen LogP contribution in [0, 0.1) is 13.8 Å². The first-order valence-electron chi connectivity index (χ1n) is 6.66. The van der Waals surface area contributed by atoms with Gasteiger partial charge in [0.05, 0.1) is 34.3 Å². The van der Waals surface area contributed by atoms with Crippen molar-refractivity contribution in [1.29, 1.82) is 0 Å². The van der Waals surface area contributed by atoms with Crippen LogP contribution < -0.4 is 5.32 Å². The second-order valence-corrected chi connectivity index (χ2v) is 5.57. The Morgan fingerprint density at radius 3 is 2.55 bits per heavy atom. The highest BCUT2D eigenvalue weighted by Gasteiger charge is 2.24. The van der Waals surface area contributed by atoms with Crippen molar-refractivity contribution in [3.8, 4) is 0 Å². The van der Waals surface area contributed by atoms with E-state index in [2.05, 4.69) is 34.5 Å². The highest BCUT2D eigenvalue weighted by Crippen LogP contribution is 2.31. The third-order valence-electron chi connectivity index (χ3n) is 3.29. The summed E-state index contributed by atoms with van der Waals surface area (Å²) in [4.78, 5) is 0. The van der Waals surface area contributed by atoms with E-state index in [4.69, 9.17) is 11.6 Å². The van der Waals surface area contributed by atoms with E-state index in [9.17, 15) is 0 Å². The molecule has 2 aromatic heterocycles. The van der Waals surface area contributed by atoms with Crippen molar-refractivity contribution in [3.05, 3.63) is 39.9 Å². The molecule has 0 aromatic carbocycles. The minimum Gasteiger partial charge on any atom is -0.308 e. The van der Waals surface area contributed by atoms with Crippen LogP contribution in [0.4, 0.5) is 0 Å². The Balaban J connectivity index is 2.58. The molecule has 6 heteroatoms. The smallest absolute Gasteiger partial charge is 0.0837 e. The Hall–Kier alpha value is -1.46.